The summed E-state index contributed by atoms with van der Waals surface area (Å²) in [6.45, 7) is 18.5. The van der Waals surface area contributed by atoms with Gasteiger partial charge in [-0.3, -0.25) is 0 Å². The van der Waals surface area contributed by atoms with Crippen LogP contribution in [-0.2, 0) is 12.8 Å². The molecule has 1 heteroatoms. The highest BCUT2D eigenvalue weighted by atomic mass is 15.1. The number of hydrogen-bond acceptors (Lipinski definition) is 1. The van der Waals surface area contributed by atoms with Crippen LogP contribution in [0.25, 0.3) is 0 Å². The smallest absolute Gasteiger partial charge is 0.00126 e. The molecule has 2 aliphatic rings. The number of nitrogens with zero attached hydrogens (tertiary/aromatic N) is 1. The van der Waals surface area contributed by atoms with Crippen LogP contribution in [-0.4, -0.2) is 24.5 Å². The SMILES string of the molecule is CC(CCC(C)C1Cc2cccc(C(C)C)c2C1)CCN1CCC(C(C)C)C1. The summed E-state index contributed by atoms with van der Waals surface area (Å²) >= 11 is 0. The Balaban J connectivity index is 1.40. The highest BCUT2D eigenvalue weighted by molar-refractivity contribution is 5.41. The van der Waals surface area contributed by atoms with Gasteiger partial charge in [-0.15, -0.1) is 0 Å². The van der Waals surface area contributed by atoms with Crippen LogP contribution in [0, 0.1) is 29.6 Å². The molecular weight excluding hydrogens is 338 g/mol. The van der Waals surface area contributed by atoms with Gasteiger partial charge in [-0.25, -0.2) is 0 Å². The monoisotopic (exact) mass is 383 g/mol. The van der Waals surface area contributed by atoms with Crippen LogP contribution in [0.15, 0.2) is 18.2 Å². The Labute approximate surface area is 175 Å². The molecule has 4 unspecified atom stereocenters. The zero-order valence-corrected chi connectivity index (χ0v) is 19.5. The molecule has 1 aromatic carbocycles. The van der Waals surface area contributed by atoms with Crippen molar-refractivity contribution in [3.8, 4) is 0 Å². The third-order valence-corrected chi connectivity index (χ3v) is 7.99. The van der Waals surface area contributed by atoms with E-state index in [0.29, 0.717) is 5.92 Å². The number of benzene rings is 1. The van der Waals surface area contributed by atoms with Gasteiger partial charge in [0.05, 0.1) is 0 Å². The van der Waals surface area contributed by atoms with Gasteiger partial charge in [-0.1, -0.05) is 72.6 Å². The fraction of sp³-hybridized carbons (Fsp3) is 0.778. The van der Waals surface area contributed by atoms with Crippen LogP contribution < -0.4 is 0 Å². The quantitative estimate of drug-likeness (QED) is 0.446. The number of fused-ring (bicyclic) bond motifs is 1. The molecular formula is C27H45N. The summed E-state index contributed by atoms with van der Waals surface area (Å²) < 4.78 is 0. The van der Waals surface area contributed by atoms with E-state index in [0.717, 1.165) is 29.6 Å². The van der Waals surface area contributed by atoms with Gasteiger partial charge in [0.1, 0.15) is 0 Å². The zero-order chi connectivity index (χ0) is 20.3. The molecule has 0 aromatic heterocycles. The van der Waals surface area contributed by atoms with Crippen molar-refractivity contribution in [1.82, 2.24) is 4.90 Å². The van der Waals surface area contributed by atoms with Gasteiger partial charge < -0.3 is 4.90 Å². The Morgan fingerprint density at radius 2 is 1.71 bits per heavy atom. The first-order valence-electron chi connectivity index (χ1n) is 12.2. The van der Waals surface area contributed by atoms with Gasteiger partial charge in [0, 0.05) is 6.54 Å². The average molecular weight is 384 g/mol. The van der Waals surface area contributed by atoms with Crippen LogP contribution in [0.3, 0.4) is 0 Å². The van der Waals surface area contributed by atoms with Gasteiger partial charge in [-0.2, -0.15) is 0 Å². The first kappa shape index (κ1) is 21.9. The highest BCUT2D eigenvalue weighted by Crippen LogP contribution is 2.37. The largest absolute Gasteiger partial charge is 0.303 e. The first-order valence-corrected chi connectivity index (χ1v) is 12.2. The Hall–Kier alpha value is -0.820. The molecule has 1 aliphatic heterocycles. The van der Waals surface area contributed by atoms with Crippen LogP contribution in [0.4, 0.5) is 0 Å². The molecule has 1 aromatic rings. The Bertz CT molecular complexity index is 617. The lowest BCUT2D eigenvalue weighted by Gasteiger charge is -2.23. The van der Waals surface area contributed by atoms with Crippen molar-refractivity contribution in [1.29, 1.82) is 0 Å². The normalized spacial score (nSPS) is 24.9. The van der Waals surface area contributed by atoms with Crippen LogP contribution in [0.5, 0.6) is 0 Å². The molecule has 0 spiro atoms. The Morgan fingerprint density at radius 3 is 2.39 bits per heavy atom. The molecule has 1 heterocycles. The molecule has 0 radical (unpaired) electrons. The molecule has 1 saturated heterocycles. The lowest BCUT2D eigenvalue weighted by molar-refractivity contribution is 0.265. The second-order valence-corrected chi connectivity index (χ2v) is 10.8. The minimum Gasteiger partial charge on any atom is -0.303 e. The summed E-state index contributed by atoms with van der Waals surface area (Å²) in [5.41, 5.74) is 4.94. The lowest BCUT2D eigenvalue weighted by Crippen LogP contribution is -2.24. The molecule has 1 nitrogen and oxygen atoms in total. The molecule has 0 saturated carbocycles. The van der Waals surface area contributed by atoms with Crippen molar-refractivity contribution < 1.29 is 0 Å². The fourth-order valence-electron chi connectivity index (χ4n) is 5.60. The van der Waals surface area contributed by atoms with Crippen molar-refractivity contribution in [2.45, 2.75) is 86.0 Å². The maximum absolute atomic E-state index is 2.73. The highest BCUT2D eigenvalue weighted by Gasteiger charge is 2.29. The van der Waals surface area contributed by atoms with E-state index in [1.807, 2.05) is 0 Å². The molecule has 28 heavy (non-hydrogen) atoms. The average Bonchev–Trinajstić information content (AvgIpc) is 3.30. The second-order valence-electron chi connectivity index (χ2n) is 10.8. The van der Waals surface area contributed by atoms with E-state index < -0.39 is 0 Å². The van der Waals surface area contributed by atoms with Gasteiger partial charge in [-0.05, 0) is 91.0 Å². The van der Waals surface area contributed by atoms with Crippen molar-refractivity contribution >= 4 is 0 Å². The van der Waals surface area contributed by atoms with Crippen LogP contribution >= 0.6 is 0 Å². The third kappa shape index (κ3) is 5.41. The molecule has 0 N–H and O–H groups in total. The maximum Gasteiger partial charge on any atom is 0.00126 e. The fourth-order valence-corrected chi connectivity index (χ4v) is 5.60. The topological polar surface area (TPSA) is 3.24 Å². The predicted molar refractivity (Wildman–Crippen MR) is 123 cm³/mol. The summed E-state index contributed by atoms with van der Waals surface area (Å²) in [5.74, 6) is 5.05. The zero-order valence-electron chi connectivity index (χ0n) is 19.5. The minimum absolute atomic E-state index is 0.657. The van der Waals surface area contributed by atoms with Gasteiger partial charge in [0.2, 0.25) is 0 Å². The first-order chi connectivity index (χ1) is 13.3. The van der Waals surface area contributed by atoms with E-state index in [4.69, 9.17) is 0 Å². The number of hydrogen-bond donors (Lipinski definition) is 0. The van der Waals surface area contributed by atoms with Gasteiger partial charge in [0.25, 0.3) is 0 Å². The van der Waals surface area contributed by atoms with Gasteiger partial charge >= 0.3 is 0 Å². The summed E-state index contributed by atoms with van der Waals surface area (Å²) in [7, 11) is 0. The summed E-state index contributed by atoms with van der Waals surface area (Å²) in [5, 5.41) is 0. The third-order valence-electron chi connectivity index (χ3n) is 7.99. The van der Waals surface area contributed by atoms with Crippen molar-refractivity contribution in [2.75, 3.05) is 19.6 Å². The standard InChI is InChI=1S/C27H45N/c1-19(2)24-13-15-28(18-24)14-12-21(5)10-11-22(6)25-16-23-8-7-9-26(20(3)4)27(23)17-25/h7-9,19-22,24-25H,10-18H2,1-6H3. The van der Waals surface area contributed by atoms with Crippen molar-refractivity contribution in [2.24, 2.45) is 29.6 Å². The molecule has 0 amide bonds. The van der Waals surface area contributed by atoms with Crippen molar-refractivity contribution in [3.63, 3.8) is 0 Å². The molecule has 4 atom stereocenters. The van der Waals surface area contributed by atoms with Crippen LogP contribution in [0.1, 0.15) is 89.8 Å². The van der Waals surface area contributed by atoms with E-state index >= 15 is 0 Å². The van der Waals surface area contributed by atoms with Crippen molar-refractivity contribution in [3.05, 3.63) is 34.9 Å². The number of likely N-dealkylation sites (tertiary alicyclic amines) is 1. The lowest BCUT2D eigenvalue weighted by atomic mass is 9.85. The molecule has 1 aliphatic carbocycles. The Morgan fingerprint density at radius 1 is 0.929 bits per heavy atom. The van der Waals surface area contributed by atoms with E-state index in [-0.39, 0.29) is 0 Å². The summed E-state index contributed by atoms with van der Waals surface area (Å²) in [6.07, 6.45) is 8.26. The second kappa shape index (κ2) is 9.79. The van der Waals surface area contributed by atoms with Gasteiger partial charge in [0.15, 0.2) is 0 Å². The molecule has 158 valence electrons. The predicted octanol–water partition coefficient (Wildman–Crippen LogP) is 6.95. The van der Waals surface area contributed by atoms with Crippen LogP contribution in [0.2, 0.25) is 0 Å². The molecule has 0 bridgehead atoms. The summed E-state index contributed by atoms with van der Waals surface area (Å²) in [4.78, 5) is 2.73. The van der Waals surface area contributed by atoms with E-state index in [1.165, 1.54) is 58.2 Å². The van der Waals surface area contributed by atoms with E-state index in [9.17, 15) is 0 Å². The molecule has 1 fully saturated rings. The Kier molecular flexibility index (Phi) is 7.65. The minimum atomic E-state index is 0.657. The number of rotatable bonds is 9. The maximum atomic E-state index is 2.73. The van der Waals surface area contributed by atoms with E-state index in [1.54, 1.807) is 16.7 Å². The van der Waals surface area contributed by atoms with E-state index in [2.05, 4.69) is 64.6 Å². The summed E-state index contributed by atoms with van der Waals surface area (Å²) in [6, 6.07) is 7.03. The molecule has 3 rings (SSSR count).